The molecule has 0 aliphatic heterocycles. The van der Waals surface area contributed by atoms with E-state index in [0.29, 0.717) is 5.89 Å². The quantitative estimate of drug-likeness (QED) is 0.161. The molecule has 12 aromatic rings. The minimum absolute atomic E-state index is 0.627. The Kier molecular flexibility index (Phi) is 8.50. The lowest BCUT2D eigenvalue weighted by molar-refractivity contribution is 0.620. The SMILES string of the molecule is c1ccc(-c2nc3c(ccc4c(-c5cccc6c(N(c7cccc(-c8cccc9ccccc89)c7)c7cccc(-c8cccc9ccccc89)c7)cccc56)cccc43)o2)cc1. The number of hydrogen-bond donors (Lipinski definition) is 0. The van der Waals surface area contributed by atoms with E-state index in [1.165, 1.54) is 49.2 Å². The van der Waals surface area contributed by atoms with Crippen molar-refractivity contribution in [2.45, 2.75) is 0 Å². The van der Waals surface area contributed by atoms with Crippen LogP contribution in [0, 0.1) is 0 Å². The molecule has 0 aliphatic rings. The van der Waals surface area contributed by atoms with Gasteiger partial charge in [-0.3, -0.25) is 0 Å². The summed E-state index contributed by atoms with van der Waals surface area (Å²) in [5.74, 6) is 0.627. The molecule has 0 atom stereocenters. The molecule has 0 N–H and O–H groups in total. The molecule has 1 heterocycles. The molecule has 12 rings (SSSR count). The Hall–Kier alpha value is -8.27. The number of nitrogens with zero attached hydrogens (tertiary/aromatic N) is 2. The summed E-state index contributed by atoms with van der Waals surface area (Å²) in [4.78, 5) is 7.46. The van der Waals surface area contributed by atoms with Crippen LogP contribution in [0.15, 0.2) is 235 Å². The highest BCUT2D eigenvalue weighted by molar-refractivity contribution is 6.14. The summed E-state index contributed by atoms with van der Waals surface area (Å²) < 4.78 is 6.30. The minimum Gasteiger partial charge on any atom is -0.436 e. The first-order chi connectivity index (χ1) is 30.7. The van der Waals surface area contributed by atoms with E-state index in [9.17, 15) is 0 Å². The van der Waals surface area contributed by atoms with Crippen LogP contribution in [0.3, 0.4) is 0 Å². The molecule has 0 unspecified atom stereocenters. The molecule has 11 aromatic carbocycles. The van der Waals surface area contributed by atoms with Gasteiger partial charge in [-0.2, -0.15) is 0 Å². The summed E-state index contributed by atoms with van der Waals surface area (Å²) in [6, 6.07) is 82.7. The molecule has 62 heavy (non-hydrogen) atoms. The summed E-state index contributed by atoms with van der Waals surface area (Å²) in [5.41, 5.74) is 12.9. The number of fused-ring (bicyclic) bond motifs is 6. The van der Waals surface area contributed by atoms with E-state index >= 15 is 0 Å². The normalized spacial score (nSPS) is 11.5. The monoisotopic (exact) mass is 790 g/mol. The van der Waals surface area contributed by atoms with Crippen LogP contribution in [0.2, 0.25) is 0 Å². The van der Waals surface area contributed by atoms with Crippen LogP contribution in [-0.4, -0.2) is 4.98 Å². The molecule has 1 aromatic heterocycles. The summed E-state index contributed by atoms with van der Waals surface area (Å²) in [5, 5.41) is 9.45. The molecule has 0 spiro atoms. The predicted molar refractivity (Wildman–Crippen MR) is 260 cm³/mol. The van der Waals surface area contributed by atoms with Crippen LogP contribution in [-0.2, 0) is 0 Å². The zero-order valence-electron chi connectivity index (χ0n) is 33.7. The Morgan fingerprint density at radius 1 is 0.323 bits per heavy atom. The fraction of sp³-hybridized carbons (Fsp3) is 0. The van der Waals surface area contributed by atoms with E-state index in [4.69, 9.17) is 9.40 Å². The second-order valence-electron chi connectivity index (χ2n) is 15.9. The first-order valence-electron chi connectivity index (χ1n) is 21.1. The number of hydrogen-bond acceptors (Lipinski definition) is 3. The van der Waals surface area contributed by atoms with Gasteiger partial charge in [-0.25, -0.2) is 4.98 Å². The lowest BCUT2D eigenvalue weighted by Crippen LogP contribution is -2.11. The summed E-state index contributed by atoms with van der Waals surface area (Å²) in [7, 11) is 0. The van der Waals surface area contributed by atoms with Gasteiger partial charge in [0, 0.05) is 27.7 Å². The molecular formula is C59H38N2O. The third-order valence-electron chi connectivity index (χ3n) is 12.3. The second-order valence-corrected chi connectivity index (χ2v) is 15.9. The third-order valence-corrected chi connectivity index (χ3v) is 12.3. The van der Waals surface area contributed by atoms with Crippen LogP contribution < -0.4 is 4.90 Å². The number of anilines is 3. The van der Waals surface area contributed by atoms with Gasteiger partial charge in [0.15, 0.2) is 5.58 Å². The van der Waals surface area contributed by atoms with Crippen LogP contribution in [0.4, 0.5) is 17.1 Å². The highest BCUT2D eigenvalue weighted by Crippen LogP contribution is 2.45. The third kappa shape index (κ3) is 6.02. The average molecular weight is 791 g/mol. The predicted octanol–water partition coefficient (Wildman–Crippen LogP) is 16.6. The zero-order chi connectivity index (χ0) is 41.0. The Morgan fingerprint density at radius 3 is 1.45 bits per heavy atom. The van der Waals surface area contributed by atoms with Crippen molar-refractivity contribution in [2.75, 3.05) is 4.90 Å². The lowest BCUT2D eigenvalue weighted by atomic mass is 9.92. The topological polar surface area (TPSA) is 29.3 Å². The van der Waals surface area contributed by atoms with Gasteiger partial charge in [-0.15, -0.1) is 0 Å². The molecule has 0 amide bonds. The maximum atomic E-state index is 6.30. The Balaban J connectivity index is 1.05. The maximum absolute atomic E-state index is 6.30. The van der Waals surface area contributed by atoms with Crippen molar-refractivity contribution in [3.63, 3.8) is 0 Å². The number of benzene rings is 11. The van der Waals surface area contributed by atoms with Gasteiger partial charge in [0.2, 0.25) is 5.89 Å². The largest absolute Gasteiger partial charge is 0.436 e. The first-order valence-corrected chi connectivity index (χ1v) is 21.1. The van der Waals surface area contributed by atoms with Crippen molar-refractivity contribution < 1.29 is 4.42 Å². The molecule has 3 heteroatoms. The van der Waals surface area contributed by atoms with Crippen molar-refractivity contribution >= 4 is 71.3 Å². The molecular weight excluding hydrogens is 753 g/mol. The summed E-state index contributed by atoms with van der Waals surface area (Å²) in [6.07, 6.45) is 0. The van der Waals surface area contributed by atoms with E-state index in [0.717, 1.165) is 61.0 Å². The molecule has 0 bridgehead atoms. The van der Waals surface area contributed by atoms with E-state index in [-0.39, 0.29) is 0 Å². The van der Waals surface area contributed by atoms with Crippen molar-refractivity contribution in [1.29, 1.82) is 0 Å². The van der Waals surface area contributed by atoms with Crippen LogP contribution in [0.1, 0.15) is 0 Å². The molecule has 0 fully saturated rings. The smallest absolute Gasteiger partial charge is 0.227 e. The van der Waals surface area contributed by atoms with Crippen molar-refractivity contribution in [3.8, 4) is 44.8 Å². The standard InChI is InChI=1S/C59H38N2O/c1-2-17-41(18-3-1)59-60-58-55-33-13-30-51(53(55)35-36-57(58)62-59)50-29-12-32-54-52(50)31-14-34-56(54)61(44-23-8-21-42(37-44)48-27-10-19-39-15-4-6-25-46(39)48)45-24-9-22-43(38-45)49-28-11-20-40-16-5-7-26-47(40)49/h1-38H. The van der Waals surface area contributed by atoms with E-state index in [2.05, 4.69) is 205 Å². The van der Waals surface area contributed by atoms with E-state index in [1.807, 2.05) is 30.3 Å². The van der Waals surface area contributed by atoms with Gasteiger partial charge in [0.05, 0.1) is 5.69 Å². The summed E-state index contributed by atoms with van der Waals surface area (Å²) in [6.45, 7) is 0. The van der Waals surface area contributed by atoms with Gasteiger partial charge >= 0.3 is 0 Å². The minimum atomic E-state index is 0.627. The lowest BCUT2D eigenvalue weighted by Gasteiger charge is -2.28. The molecule has 0 aliphatic carbocycles. The Labute approximate surface area is 359 Å². The highest BCUT2D eigenvalue weighted by atomic mass is 16.3. The Morgan fingerprint density at radius 2 is 0.790 bits per heavy atom. The fourth-order valence-corrected chi connectivity index (χ4v) is 9.42. The van der Waals surface area contributed by atoms with E-state index < -0.39 is 0 Å². The second kappa shape index (κ2) is 14.8. The van der Waals surface area contributed by atoms with Crippen molar-refractivity contribution in [1.82, 2.24) is 4.98 Å². The van der Waals surface area contributed by atoms with Gasteiger partial charge in [-0.1, -0.05) is 176 Å². The van der Waals surface area contributed by atoms with Crippen molar-refractivity contribution in [2.24, 2.45) is 0 Å². The molecule has 0 saturated heterocycles. The van der Waals surface area contributed by atoms with Crippen molar-refractivity contribution in [3.05, 3.63) is 231 Å². The number of rotatable bonds is 7. The van der Waals surface area contributed by atoms with Gasteiger partial charge in [-0.05, 0) is 120 Å². The molecule has 0 radical (unpaired) electrons. The highest BCUT2D eigenvalue weighted by Gasteiger charge is 2.20. The number of aromatic nitrogens is 1. The molecule has 0 saturated carbocycles. The van der Waals surface area contributed by atoms with Gasteiger partial charge in [0.1, 0.15) is 5.52 Å². The van der Waals surface area contributed by atoms with Gasteiger partial charge < -0.3 is 9.32 Å². The molecule has 290 valence electrons. The van der Waals surface area contributed by atoms with Gasteiger partial charge in [0.25, 0.3) is 0 Å². The maximum Gasteiger partial charge on any atom is 0.227 e. The average Bonchev–Trinajstić information content (AvgIpc) is 3.79. The Bertz CT molecular complexity index is 3530. The molecule has 3 nitrogen and oxygen atoms in total. The van der Waals surface area contributed by atoms with Crippen LogP contribution >= 0.6 is 0 Å². The number of oxazole rings is 1. The zero-order valence-corrected chi connectivity index (χ0v) is 33.7. The van der Waals surface area contributed by atoms with Crippen LogP contribution in [0.5, 0.6) is 0 Å². The summed E-state index contributed by atoms with van der Waals surface area (Å²) >= 11 is 0. The van der Waals surface area contributed by atoms with Crippen LogP contribution in [0.25, 0.3) is 99.0 Å². The first kappa shape index (κ1) is 35.7. The van der Waals surface area contributed by atoms with E-state index in [1.54, 1.807) is 0 Å². The fourth-order valence-electron chi connectivity index (χ4n) is 9.42.